The molecule has 4 nitrogen and oxygen atoms in total. The highest BCUT2D eigenvalue weighted by molar-refractivity contribution is 5.14. The number of aryl methyl sites for hydroxylation is 1. The van der Waals surface area contributed by atoms with Gasteiger partial charge in [0.15, 0.2) is 0 Å². The average Bonchev–Trinajstić information content (AvgIpc) is 2.37. The van der Waals surface area contributed by atoms with E-state index in [0.29, 0.717) is 13.1 Å². The minimum Gasteiger partial charge on any atom is -0.389 e. The Morgan fingerprint density at radius 1 is 1.00 bits per heavy atom. The second kappa shape index (κ2) is 6.29. The lowest BCUT2D eigenvalue weighted by Crippen LogP contribution is -2.55. The van der Waals surface area contributed by atoms with Gasteiger partial charge in [-0.15, -0.1) is 0 Å². The lowest BCUT2D eigenvalue weighted by molar-refractivity contribution is -0.109. The Morgan fingerprint density at radius 3 is 2.22 bits per heavy atom. The van der Waals surface area contributed by atoms with Gasteiger partial charge in [0.25, 0.3) is 0 Å². The van der Waals surface area contributed by atoms with Crippen LogP contribution in [0.2, 0.25) is 0 Å². The minimum atomic E-state index is -1.00. The van der Waals surface area contributed by atoms with Gasteiger partial charge in [0.2, 0.25) is 0 Å². The first kappa shape index (κ1) is 13.5. The maximum atomic E-state index is 9.58. The molecule has 1 aliphatic rings. The number of β-amino-alcohol motifs (C(OH)–C–C–N with tert-alkyl or cyclic N) is 2. The molecule has 1 aromatic rings. The number of rotatable bonds is 4. The van der Waals surface area contributed by atoms with Crippen molar-refractivity contribution < 1.29 is 15.3 Å². The molecule has 18 heavy (non-hydrogen) atoms. The van der Waals surface area contributed by atoms with E-state index in [2.05, 4.69) is 12.1 Å². The molecule has 0 aliphatic carbocycles. The normalized spacial score (nSPS) is 29.4. The molecule has 0 amide bonds. The van der Waals surface area contributed by atoms with E-state index in [1.165, 1.54) is 5.56 Å². The summed E-state index contributed by atoms with van der Waals surface area (Å²) in [4.78, 5) is 2.00. The van der Waals surface area contributed by atoms with Gasteiger partial charge in [0.05, 0.1) is 12.2 Å². The summed E-state index contributed by atoms with van der Waals surface area (Å²) < 4.78 is 0. The summed E-state index contributed by atoms with van der Waals surface area (Å²) in [7, 11) is 0. The third-order valence-electron chi connectivity index (χ3n) is 3.46. The molecule has 0 aromatic heterocycles. The first-order valence-electron chi connectivity index (χ1n) is 6.47. The summed E-state index contributed by atoms with van der Waals surface area (Å²) in [6.07, 6.45) is -0.711. The molecule has 2 rings (SSSR count). The van der Waals surface area contributed by atoms with E-state index in [4.69, 9.17) is 0 Å². The lowest BCUT2D eigenvalue weighted by atomic mass is 10.0. The van der Waals surface area contributed by atoms with Crippen LogP contribution in [0.1, 0.15) is 12.0 Å². The van der Waals surface area contributed by atoms with Gasteiger partial charge in [0.1, 0.15) is 6.10 Å². The monoisotopic (exact) mass is 251 g/mol. The highest BCUT2D eigenvalue weighted by Crippen LogP contribution is 2.13. The third kappa shape index (κ3) is 3.53. The zero-order chi connectivity index (χ0) is 13.0. The standard InChI is InChI=1S/C14H21NO3/c16-12-9-15(10-13(17)14(12)18)8-4-7-11-5-2-1-3-6-11/h1-3,5-6,12-14,16-18H,4,7-10H2. The highest BCUT2D eigenvalue weighted by Gasteiger charge is 2.32. The number of aliphatic hydroxyl groups is 3. The molecule has 1 saturated heterocycles. The van der Waals surface area contributed by atoms with Crippen LogP contribution in [0.5, 0.6) is 0 Å². The number of likely N-dealkylation sites (tertiary alicyclic amines) is 1. The van der Waals surface area contributed by atoms with Crippen molar-refractivity contribution in [2.45, 2.75) is 31.2 Å². The average molecular weight is 251 g/mol. The van der Waals surface area contributed by atoms with Crippen molar-refractivity contribution in [2.24, 2.45) is 0 Å². The van der Waals surface area contributed by atoms with Crippen molar-refractivity contribution in [1.82, 2.24) is 4.90 Å². The van der Waals surface area contributed by atoms with Gasteiger partial charge in [-0.25, -0.2) is 0 Å². The summed E-state index contributed by atoms with van der Waals surface area (Å²) >= 11 is 0. The smallest absolute Gasteiger partial charge is 0.108 e. The van der Waals surface area contributed by atoms with E-state index in [0.717, 1.165) is 19.4 Å². The Kier molecular flexibility index (Phi) is 4.72. The third-order valence-corrected chi connectivity index (χ3v) is 3.46. The molecular formula is C14H21NO3. The molecule has 1 aromatic carbocycles. The van der Waals surface area contributed by atoms with Crippen molar-refractivity contribution in [3.63, 3.8) is 0 Å². The Bertz CT molecular complexity index is 345. The Morgan fingerprint density at radius 2 is 1.61 bits per heavy atom. The van der Waals surface area contributed by atoms with Crippen molar-refractivity contribution >= 4 is 0 Å². The van der Waals surface area contributed by atoms with Gasteiger partial charge < -0.3 is 15.3 Å². The second-order valence-corrected chi connectivity index (χ2v) is 4.97. The molecule has 0 saturated carbocycles. The van der Waals surface area contributed by atoms with Crippen LogP contribution >= 0.6 is 0 Å². The predicted octanol–water partition coefficient (Wildman–Crippen LogP) is 0.0175. The fourth-order valence-corrected chi connectivity index (χ4v) is 2.41. The summed E-state index contributed by atoms with van der Waals surface area (Å²) in [5, 5.41) is 28.6. The molecule has 4 heteroatoms. The van der Waals surface area contributed by atoms with Crippen molar-refractivity contribution in [3.05, 3.63) is 35.9 Å². The van der Waals surface area contributed by atoms with Crippen LogP contribution in [0.4, 0.5) is 0 Å². The zero-order valence-corrected chi connectivity index (χ0v) is 10.4. The van der Waals surface area contributed by atoms with Crippen LogP contribution < -0.4 is 0 Å². The molecule has 1 heterocycles. The Labute approximate surface area is 107 Å². The number of aliphatic hydroxyl groups excluding tert-OH is 3. The minimum absolute atomic E-state index is 0.438. The second-order valence-electron chi connectivity index (χ2n) is 4.97. The van der Waals surface area contributed by atoms with E-state index in [1.807, 2.05) is 23.1 Å². The van der Waals surface area contributed by atoms with Crippen molar-refractivity contribution in [3.8, 4) is 0 Å². The molecule has 3 N–H and O–H groups in total. The summed E-state index contributed by atoms with van der Waals surface area (Å²) in [6, 6.07) is 10.3. The van der Waals surface area contributed by atoms with E-state index in [1.54, 1.807) is 0 Å². The van der Waals surface area contributed by atoms with Crippen LogP contribution in [-0.2, 0) is 6.42 Å². The number of benzene rings is 1. The number of nitrogens with zero attached hydrogens (tertiary/aromatic N) is 1. The quantitative estimate of drug-likeness (QED) is 0.706. The van der Waals surface area contributed by atoms with E-state index in [9.17, 15) is 15.3 Å². The van der Waals surface area contributed by atoms with Crippen LogP contribution in [0.3, 0.4) is 0 Å². The zero-order valence-electron chi connectivity index (χ0n) is 10.4. The van der Waals surface area contributed by atoms with E-state index < -0.39 is 18.3 Å². The molecule has 0 bridgehead atoms. The summed E-state index contributed by atoms with van der Waals surface area (Å²) in [6.45, 7) is 1.70. The number of hydrogen-bond donors (Lipinski definition) is 3. The van der Waals surface area contributed by atoms with Crippen LogP contribution in [0.25, 0.3) is 0 Å². The Hall–Kier alpha value is -0.940. The molecule has 2 unspecified atom stereocenters. The van der Waals surface area contributed by atoms with Gasteiger partial charge in [-0.2, -0.15) is 0 Å². The first-order valence-corrected chi connectivity index (χ1v) is 6.47. The fourth-order valence-electron chi connectivity index (χ4n) is 2.41. The molecule has 1 fully saturated rings. The maximum Gasteiger partial charge on any atom is 0.108 e. The van der Waals surface area contributed by atoms with Crippen LogP contribution in [0, 0.1) is 0 Å². The molecular weight excluding hydrogens is 230 g/mol. The molecule has 0 radical (unpaired) electrons. The van der Waals surface area contributed by atoms with Crippen molar-refractivity contribution in [2.75, 3.05) is 19.6 Å². The number of hydrogen-bond acceptors (Lipinski definition) is 4. The van der Waals surface area contributed by atoms with Crippen LogP contribution in [-0.4, -0.2) is 58.2 Å². The lowest BCUT2D eigenvalue weighted by Gasteiger charge is -2.36. The topological polar surface area (TPSA) is 63.9 Å². The highest BCUT2D eigenvalue weighted by atomic mass is 16.4. The summed E-state index contributed by atoms with van der Waals surface area (Å²) in [5.41, 5.74) is 1.30. The van der Waals surface area contributed by atoms with Gasteiger partial charge in [-0.1, -0.05) is 30.3 Å². The molecule has 100 valence electrons. The van der Waals surface area contributed by atoms with Crippen molar-refractivity contribution in [1.29, 1.82) is 0 Å². The largest absolute Gasteiger partial charge is 0.389 e. The van der Waals surface area contributed by atoms with Gasteiger partial charge in [-0.05, 0) is 24.9 Å². The Balaban J connectivity index is 1.74. The maximum absolute atomic E-state index is 9.58. The number of piperidine rings is 1. The summed E-state index contributed by atoms with van der Waals surface area (Å²) in [5.74, 6) is 0. The SMILES string of the molecule is OC1CN(CCCc2ccccc2)CC(O)C1O. The predicted molar refractivity (Wildman–Crippen MR) is 69.2 cm³/mol. The van der Waals surface area contributed by atoms with E-state index in [-0.39, 0.29) is 0 Å². The van der Waals surface area contributed by atoms with E-state index >= 15 is 0 Å². The molecule has 0 spiro atoms. The first-order chi connectivity index (χ1) is 8.66. The fraction of sp³-hybridized carbons (Fsp3) is 0.571. The van der Waals surface area contributed by atoms with Gasteiger partial charge in [0, 0.05) is 13.1 Å². The van der Waals surface area contributed by atoms with Gasteiger partial charge >= 0.3 is 0 Å². The van der Waals surface area contributed by atoms with Crippen LogP contribution in [0.15, 0.2) is 30.3 Å². The molecule has 1 aliphatic heterocycles. The molecule has 2 atom stereocenters. The van der Waals surface area contributed by atoms with Gasteiger partial charge in [-0.3, -0.25) is 4.90 Å².